The fraction of sp³-hybridized carbons (Fsp3) is 0.435. The van der Waals surface area contributed by atoms with Crippen molar-refractivity contribution in [2.75, 3.05) is 6.79 Å². The van der Waals surface area contributed by atoms with Crippen molar-refractivity contribution >= 4 is 23.5 Å². The molecule has 1 heterocycles. The highest BCUT2D eigenvalue weighted by Crippen LogP contribution is 2.29. The molecule has 0 spiro atoms. The van der Waals surface area contributed by atoms with E-state index in [-0.39, 0.29) is 24.1 Å². The van der Waals surface area contributed by atoms with Crippen LogP contribution in [0.3, 0.4) is 0 Å². The normalized spacial score (nSPS) is 12.6. The Labute approximate surface area is 173 Å². The lowest BCUT2D eigenvalue weighted by Crippen LogP contribution is -2.15. The predicted molar refractivity (Wildman–Crippen MR) is 116 cm³/mol. The summed E-state index contributed by atoms with van der Waals surface area (Å²) in [5, 5.41) is 12.4. The summed E-state index contributed by atoms with van der Waals surface area (Å²) in [4.78, 5) is 11.8. The van der Waals surface area contributed by atoms with Crippen molar-refractivity contribution in [3.8, 4) is 0 Å². The number of carbonyl (C=O) groups excluding carboxylic acids is 1. The number of nitrogens with zero attached hydrogens (tertiary/aromatic N) is 2. The summed E-state index contributed by atoms with van der Waals surface area (Å²) in [7, 11) is 1.82. The van der Waals surface area contributed by atoms with E-state index < -0.39 is 0 Å². The second-order valence-corrected chi connectivity index (χ2v) is 8.39. The number of carbonyl (C=O) groups is 1. The van der Waals surface area contributed by atoms with Crippen LogP contribution in [0.5, 0.6) is 0 Å². The molecule has 1 aromatic heterocycles. The Kier molecular flexibility index (Phi) is 7.01. The maximum atomic E-state index is 11.8. The van der Waals surface area contributed by atoms with E-state index in [4.69, 9.17) is 14.9 Å². The quantitative estimate of drug-likeness (QED) is 0.317. The van der Waals surface area contributed by atoms with Crippen LogP contribution in [0.1, 0.15) is 57.1 Å². The Morgan fingerprint density at radius 3 is 2.28 bits per heavy atom. The van der Waals surface area contributed by atoms with Gasteiger partial charge in [0, 0.05) is 18.8 Å². The average molecular weight is 398 g/mol. The van der Waals surface area contributed by atoms with Crippen LogP contribution in [0.4, 0.5) is 0 Å². The zero-order chi connectivity index (χ0) is 21.8. The van der Waals surface area contributed by atoms with Crippen molar-refractivity contribution in [1.29, 1.82) is 5.41 Å². The molecule has 0 saturated carbocycles. The van der Waals surface area contributed by atoms with Crippen LogP contribution < -0.4 is 0 Å². The molecule has 0 atom stereocenters. The number of aryl methyl sites for hydroxylation is 2. The Morgan fingerprint density at radius 2 is 1.83 bits per heavy atom. The first-order valence-electron chi connectivity index (χ1n) is 9.70. The highest BCUT2D eigenvalue weighted by molar-refractivity contribution is 6.16. The number of hydrogen-bond donors (Lipinski definition) is 1. The number of benzene rings is 1. The highest BCUT2D eigenvalue weighted by atomic mass is 16.7. The summed E-state index contributed by atoms with van der Waals surface area (Å²) in [5.74, 6) is -0.128. The lowest BCUT2D eigenvalue weighted by molar-refractivity contribution is -0.155. The van der Waals surface area contributed by atoms with Crippen LogP contribution in [-0.4, -0.2) is 28.8 Å². The van der Waals surface area contributed by atoms with Gasteiger partial charge >= 0.3 is 5.97 Å². The topological polar surface area (TPSA) is 77.2 Å². The molecule has 156 valence electrons. The second kappa shape index (κ2) is 9.07. The van der Waals surface area contributed by atoms with Gasteiger partial charge in [0.05, 0.1) is 11.6 Å². The van der Waals surface area contributed by atoms with Gasteiger partial charge in [0.25, 0.3) is 0 Å². The van der Waals surface area contributed by atoms with E-state index in [0.29, 0.717) is 17.0 Å². The third-order valence-corrected chi connectivity index (χ3v) is 4.56. The number of rotatable bonds is 7. The molecular weight excluding hydrogens is 366 g/mol. The first-order chi connectivity index (χ1) is 13.5. The van der Waals surface area contributed by atoms with E-state index >= 15 is 0 Å². The predicted octanol–water partition coefficient (Wildman–Crippen LogP) is 4.72. The molecule has 0 aliphatic heterocycles. The molecule has 0 fully saturated rings. The number of aromatic nitrogens is 2. The average Bonchev–Trinajstić information content (AvgIpc) is 2.98. The summed E-state index contributed by atoms with van der Waals surface area (Å²) in [6, 6.07) is 9.96. The molecule has 29 heavy (non-hydrogen) atoms. The van der Waals surface area contributed by atoms with Crippen LogP contribution in [0, 0.1) is 18.3 Å². The van der Waals surface area contributed by atoms with Crippen LogP contribution in [0.2, 0.25) is 0 Å². The summed E-state index contributed by atoms with van der Waals surface area (Å²) in [6.45, 7) is 11.7. The number of esters is 1. The van der Waals surface area contributed by atoms with Gasteiger partial charge in [-0.3, -0.25) is 9.48 Å². The van der Waals surface area contributed by atoms with Crippen molar-refractivity contribution in [3.63, 3.8) is 0 Å². The first-order valence-corrected chi connectivity index (χ1v) is 9.70. The van der Waals surface area contributed by atoms with E-state index in [9.17, 15) is 4.79 Å². The van der Waals surface area contributed by atoms with E-state index in [1.807, 2.05) is 32.2 Å². The van der Waals surface area contributed by atoms with Gasteiger partial charge < -0.3 is 14.9 Å². The lowest BCUT2D eigenvalue weighted by atomic mass is 9.86. The Balaban J connectivity index is 2.47. The number of ether oxygens (including phenoxy) is 2. The minimum Gasteiger partial charge on any atom is -0.454 e. The number of hydrogen-bond acceptors (Lipinski definition) is 5. The summed E-state index contributed by atoms with van der Waals surface area (Å²) < 4.78 is 12.8. The Hall–Kier alpha value is -2.89. The molecule has 0 aliphatic rings. The molecule has 0 radical (unpaired) electrons. The summed E-state index contributed by atoms with van der Waals surface area (Å²) in [5.41, 5.74) is 4.22. The fourth-order valence-corrected chi connectivity index (χ4v) is 2.86. The first kappa shape index (κ1) is 22.4. The SMILES string of the molecule is Cc1cc(/C(OCOC(=O)C(C)C)=C(/C=N)c2ccc(C(C)(C)C)cc2)n(C)n1. The molecular formula is C23H31N3O3. The van der Waals surface area contributed by atoms with Gasteiger partial charge in [0.2, 0.25) is 6.79 Å². The van der Waals surface area contributed by atoms with Crippen molar-refractivity contribution in [1.82, 2.24) is 9.78 Å². The number of nitrogens with one attached hydrogen (secondary N) is 1. The van der Waals surface area contributed by atoms with E-state index in [2.05, 4.69) is 38.0 Å². The van der Waals surface area contributed by atoms with Crippen LogP contribution in [-0.2, 0) is 26.7 Å². The molecule has 2 aromatic rings. The molecule has 6 heteroatoms. The molecule has 1 N–H and O–H groups in total. The van der Waals surface area contributed by atoms with Gasteiger partial charge in [-0.25, -0.2) is 0 Å². The molecule has 0 saturated heterocycles. The van der Waals surface area contributed by atoms with E-state index in [1.165, 1.54) is 11.8 Å². The van der Waals surface area contributed by atoms with E-state index in [0.717, 1.165) is 11.3 Å². The molecule has 0 aliphatic carbocycles. The van der Waals surface area contributed by atoms with Crippen LogP contribution in [0.25, 0.3) is 11.3 Å². The molecule has 0 bridgehead atoms. The standard InChI is InChI=1S/C23H31N3O3/c1-15(2)22(27)29-14-28-21(20-12-16(3)25-26(20)7)19(13-24)17-8-10-18(11-9-17)23(4,5)6/h8-13,15,24H,14H2,1-7H3/b21-19+,24-13?. The van der Waals surface area contributed by atoms with Crippen molar-refractivity contribution < 1.29 is 14.3 Å². The molecule has 6 nitrogen and oxygen atoms in total. The molecule has 0 amide bonds. The fourth-order valence-electron chi connectivity index (χ4n) is 2.86. The third-order valence-electron chi connectivity index (χ3n) is 4.56. The molecule has 0 unspecified atom stereocenters. The van der Waals surface area contributed by atoms with Gasteiger partial charge in [0.15, 0.2) is 5.76 Å². The van der Waals surface area contributed by atoms with Gasteiger partial charge in [-0.15, -0.1) is 0 Å². The van der Waals surface area contributed by atoms with Crippen molar-refractivity contribution in [2.45, 2.75) is 47.0 Å². The van der Waals surface area contributed by atoms with Crippen molar-refractivity contribution in [3.05, 3.63) is 52.8 Å². The smallest absolute Gasteiger partial charge is 0.311 e. The van der Waals surface area contributed by atoms with Crippen molar-refractivity contribution in [2.24, 2.45) is 13.0 Å². The van der Waals surface area contributed by atoms with Crippen LogP contribution in [0.15, 0.2) is 30.3 Å². The molecule has 2 rings (SSSR count). The van der Waals surface area contributed by atoms with Gasteiger partial charge in [-0.05, 0) is 29.5 Å². The van der Waals surface area contributed by atoms with Gasteiger partial charge in [-0.2, -0.15) is 5.10 Å². The Bertz CT molecular complexity index is 900. The minimum absolute atomic E-state index is 0.0383. The largest absolute Gasteiger partial charge is 0.454 e. The van der Waals surface area contributed by atoms with Crippen LogP contribution >= 0.6 is 0 Å². The maximum absolute atomic E-state index is 11.8. The summed E-state index contributed by atoms with van der Waals surface area (Å²) >= 11 is 0. The zero-order valence-corrected chi connectivity index (χ0v) is 18.4. The third kappa shape index (κ3) is 5.56. The Morgan fingerprint density at radius 1 is 1.21 bits per heavy atom. The lowest BCUT2D eigenvalue weighted by Gasteiger charge is -2.20. The maximum Gasteiger partial charge on any atom is 0.311 e. The minimum atomic E-state index is -0.337. The number of allylic oxidation sites excluding steroid dienone is 1. The van der Waals surface area contributed by atoms with E-state index in [1.54, 1.807) is 18.5 Å². The summed E-state index contributed by atoms with van der Waals surface area (Å²) in [6.07, 6.45) is 1.26. The molecule has 1 aromatic carbocycles. The highest BCUT2D eigenvalue weighted by Gasteiger charge is 2.19. The monoisotopic (exact) mass is 397 g/mol. The zero-order valence-electron chi connectivity index (χ0n) is 18.4. The second-order valence-electron chi connectivity index (χ2n) is 8.39. The van der Waals surface area contributed by atoms with Gasteiger partial charge in [0.1, 0.15) is 5.69 Å². The van der Waals surface area contributed by atoms with Gasteiger partial charge in [-0.1, -0.05) is 58.9 Å².